The number of nitrogens with two attached hydrogens (primary N) is 1. The van der Waals surface area contributed by atoms with Crippen molar-refractivity contribution in [2.24, 2.45) is 5.73 Å². The van der Waals surface area contributed by atoms with Crippen LogP contribution < -0.4 is 11.1 Å². The first kappa shape index (κ1) is 11.9. The van der Waals surface area contributed by atoms with E-state index in [2.05, 4.69) is 5.32 Å². The standard InChI is InChI=1S/C10H12ClFN2O/c1-6(5-13)14-10(15)8-4-7(11)2-3-9(8)12/h2-4,6H,5,13H2,1H3,(H,14,15)/t6-/m0/s1. The van der Waals surface area contributed by atoms with Crippen LogP contribution in [-0.4, -0.2) is 18.5 Å². The lowest BCUT2D eigenvalue weighted by Gasteiger charge is -2.11. The van der Waals surface area contributed by atoms with Crippen molar-refractivity contribution in [3.8, 4) is 0 Å². The summed E-state index contributed by atoms with van der Waals surface area (Å²) in [5.41, 5.74) is 5.26. The minimum Gasteiger partial charge on any atom is -0.348 e. The largest absolute Gasteiger partial charge is 0.348 e. The van der Waals surface area contributed by atoms with Crippen LogP contribution in [0.2, 0.25) is 5.02 Å². The van der Waals surface area contributed by atoms with Crippen molar-refractivity contribution in [2.45, 2.75) is 13.0 Å². The molecule has 1 aromatic carbocycles. The predicted octanol–water partition coefficient (Wildman–Crippen LogP) is 1.56. The molecule has 1 atom stereocenters. The summed E-state index contributed by atoms with van der Waals surface area (Å²) in [5, 5.41) is 2.87. The smallest absolute Gasteiger partial charge is 0.254 e. The predicted molar refractivity (Wildman–Crippen MR) is 57.4 cm³/mol. The molecule has 1 aromatic rings. The van der Waals surface area contributed by atoms with Crippen LogP contribution in [0.5, 0.6) is 0 Å². The second kappa shape index (κ2) is 5.09. The Balaban J connectivity index is 2.86. The van der Waals surface area contributed by atoms with Crippen molar-refractivity contribution < 1.29 is 9.18 Å². The van der Waals surface area contributed by atoms with Gasteiger partial charge in [-0.15, -0.1) is 0 Å². The summed E-state index contributed by atoms with van der Waals surface area (Å²) >= 11 is 5.66. The molecule has 0 fully saturated rings. The monoisotopic (exact) mass is 230 g/mol. The van der Waals surface area contributed by atoms with Crippen LogP contribution in [0.15, 0.2) is 18.2 Å². The van der Waals surface area contributed by atoms with Gasteiger partial charge in [-0.05, 0) is 25.1 Å². The lowest BCUT2D eigenvalue weighted by atomic mass is 10.2. The van der Waals surface area contributed by atoms with Gasteiger partial charge in [0.05, 0.1) is 5.56 Å². The SMILES string of the molecule is C[C@@H](CN)NC(=O)c1cc(Cl)ccc1F. The zero-order valence-corrected chi connectivity index (χ0v) is 9.01. The summed E-state index contributed by atoms with van der Waals surface area (Å²) in [4.78, 5) is 11.5. The topological polar surface area (TPSA) is 55.1 Å². The molecule has 5 heteroatoms. The molecule has 3 nitrogen and oxygen atoms in total. The quantitative estimate of drug-likeness (QED) is 0.828. The van der Waals surface area contributed by atoms with Gasteiger partial charge in [-0.25, -0.2) is 4.39 Å². The second-order valence-electron chi connectivity index (χ2n) is 3.23. The molecular weight excluding hydrogens is 219 g/mol. The number of amides is 1. The average molecular weight is 231 g/mol. The number of carbonyl (C=O) groups excluding carboxylic acids is 1. The third kappa shape index (κ3) is 3.18. The Bertz CT molecular complexity index is 370. The molecule has 0 saturated heterocycles. The lowest BCUT2D eigenvalue weighted by molar-refractivity contribution is 0.0937. The summed E-state index contributed by atoms with van der Waals surface area (Å²) in [6.07, 6.45) is 0. The van der Waals surface area contributed by atoms with Gasteiger partial charge in [0.15, 0.2) is 0 Å². The fourth-order valence-electron chi connectivity index (χ4n) is 1.03. The molecule has 0 aliphatic carbocycles. The fourth-order valence-corrected chi connectivity index (χ4v) is 1.20. The van der Waals surface area contributed by atoms with Crippen molar-refractivity contribution in [2.75, 3.05) is 6.54 Å². The Hall–Kier alpha value is -1.13. The average Bonchev–Trinajstić information content (AvgIpc) is 2.21. The van der Waals surface area contributed by atoms with E-state index in [0.717, 1.165) is 6.07 Å². The maximum Gasteiger partial charge on any atom is 0.254 e. The highest BCUT2D eigenvalue weighted by atomic mass is 35.5. The van der Waals surface area contributed by atoms with Gasteiger partial charge in [0.2, 0.25) is 0 Å². The fraction of sp³-hybridized carbons (Fsp3) is 0.300. The van der Waals surface area contributed by atoms with Crippen LogP contribution in [0.25, 0.3) is 0 Å². The highest BCUT2D eigenvalue weighted by Crippen LogP contribution is 2.14. The number of hydrogen-bond acceptors (Lipinski definition) is 2. The van der Waals surface area contributed by atoms with Crippen molar-refractivity contribution in [1.29, 1.82) is 0 Å². The number of hydrogen-bond donors (Lipinski definition) is 2. The maximum atomic E-state index is 13.2. The van der Waals surface area contributed by atoms with Gasteiger partial charge in [0.25, 0.3) is 5.91 Å². The molecule has 0 radical (unpaired) electrons. The van der Waals surface area contributed by atoms with E-state index < -0.39 is 11.7 Å². The second-order valence-corrected chi connectivity index (χ2v) is 3.67. The number of halogens is 2. The molecule has 82 valence electrons. The number of carbonyl (C=O) groups is 1. The Morgan fingerprint density at radius 1 is 1.67 bits per heavy atom. The van der Waals surface area contributed by atoms with Gasteiger partial charge >= 0.3 is 0 Å². The van der Waals surface area contributed by atoms with Gasteiger partial charge in [-0.1, -0.05) is 11.6 Å². The molecule has 3 N–H and O–H groups in total. The molecule has 0 unspecified atom stereocenters. The molecule has 0 aliphatic rings. The van der Waals surface area contributed by atoms with Gasteiger partial charge in [0.1, 0.15) is 5.82 Å². The Morgan fingerprint density at radius 3 is 2.93 bits per heavy atom. The van der Waals surface area contributed by atoms with Crippen LogP contribution in [-0.2, 0) is 0 Å². The lowest BCUT2D eigenvalue weighted by Crippen LogP contribution is -2.38. The maximum absolute atomic E-state index is 13.2. The molecule has 0 heterocycles. The Morgan fingerprint density at radius 2 is 2.33 bits per heavy atom. The van der Waals surface area contributed by atoms with E-state index in [9.17, 15) is 9.18 Å². The number of nitrogens with one attached hydrogen (secondary N) is 1. The Labute approximate surface area is 92.4 Å². The van der Waals surface area contributed by atoms with Crippen LogP contribution >= 0.6 is 11.6 Å². The van der Waals surface area contributed by atoms with Crippen molar-refractivity contribution in [1.82, 2.24) is 5.32 Å². The first-order chi connectivity index (χ1) is 7.04. The van der Waals surface area contributed by atoms with E-state index in [0.29, 0.717) is 11.6 Å². The van der Waals surface area contributed by atoms with E-state index in [1.165, 1.54) is 12.1 Å². The third-order valence-electron chi connectivity index (χ3n) is 1.90. The third-order valence-corrected chi connectivity index (χ3v) is 2.14. The molecule has 1 amide bonds. The van der Waals surface area contributed by atoms with Crippen LogP contribution in [0.1, 0.15) is 17.3 Å². The number of rotatable bonds is 3. The highest BCUT2D eigenvalue weighted by molar-refractivity contribution is 6.30. The first-order valence-corrected chi connectivity index (χ1v) is 4.88. The minimum absolute atomic E-state index is 0.0669. The van der Waals surface area contributed by atoms with Crippen molar-refractivity contribution in [3.63, 3.8) is 0 Å². The summed E-state index contributed by atoms with van der Waals surface area (Å²) in [6.45, 7) is 2.04. The van der Waals surface area contributed by atoms with Crippen molar-refractivity contribution >= 4 is 17.5 Å². The summed E-state index contributed by atoms with van der Waals surface area (Å²) in [7, 11) is 0. The first-order valence-electron chi connectivity index (χ1n) is 4.50. The summed E-state index contributed by atoms with van der Waals surface area (Å²) < 4.78 is 13.2. The molecule has 0 aliphatic heterocycles. The minimum atomic E-state index is -0.596. The van der Waals surface area contributed by atoms with Gasteiger partial charge in [-0.3, -0.25) is 4.79 Å². The summed E-state index contributed by atoms with van der Waals surface area (Å²) in [6, 6.07) is 3.63. The molecule has 0 saturated carbocycles. The van der Waals surface area contributed by atoms with E-state index >= 15 is 0 Å². The zero-order chi connectivity index (χ0) is 11.4. The molecule has 0 aromatic heterocycles. The van der Waals surface area contributed by atoms with Crippen molar-refractivity contribution in [3.05, 3.63) is 34.6 Å². The molecule has 1 rings (SSSR count). The van der Waals surface area contributed by atoms with Gasteiger partial charge in [-0.2, -0.15) is 0 Å². The molecule has 0 spiro atoms. The van der Waals surface area contributed by atoms with E-state index in [4.69, 9.17) is 17.3 Å². The van der Waals surface area contributed by atoms with Crippen LogP contribution in [0, 0.1) is 5.82 Å². The van der Waals surface area contributed by atoms with Crippen LogP contribution in [0.3, 0.4) is 0 Å². The zero-order valence-electron chi connectivity index (χ0n) is 8.26. The molecule has 0 bridgehead atoms. The van der Waals surface area contributed by atoms with E-state index in [1.54, 1.807) is 6.92 Å². The molecular formula is C10H12ClFN2O. The summed E-state index contributed by atoms with van der Waals surface area (Å²) in [5.74, 6) is -1.10. The highest BCUT2D eigenvalue weighted by Gasteiger charge is 2.13. The van der Waals surface area contributed by atoms with Crippen LogP contribution in [0.4, 0.5) is 4.39 Å². The van der Waals surface area contributed by atoms with Gasteiger partial charge < -0.3 is 11.1 Å². The van der Waals surface area contributed by atoms with E-state index in [1.807, 2.05) is 0 Å². The molecule has 15 heavy (non-hydrogen) atoms. The number of benzene rings is 1. The normalized spacial score (nSPS) is 12.3. The van der Waals surface area contributed by atoms with Gasteiger partial charge in [0, 0.05) is 17.6 Å². The van der Waals surface area contributed by atoms with E-state index in [-0.39, 0.29) is 11.6 Å². The Kier molecular flexibility index (Phi) is 4.05.